The molecule has 0 saturated carbocycles. The fourth-order valence-corrected chi connectivity index (χ4v) is 1.94. The molecule has 0 amide bonds. The van der Waals surface area contributed by atoms with Gasteiger partial charge in [0.1, 0.15) is 18.1 Å². The molecule has 4 nitrogen and oxygen atoms in total. The van der Waals surface area contributed by atoms with E-state index in [0.717, 1.165) is 10.0 Å². The highest BCUT2D eigenvalue weighted by atomic mass is 79.9. The highest BCUT2D eigenvalue weighted by molar-refractivity contribution is 9.10. The largest absolute Gasteiger partial charge is 0.496 e. The van der Waals surface area contributed by atoms with Gasteiger partial charge in [0, 0.05) is 16.2 Å². The Hall–Kier alpha value is -2.06. The van der Waals surface area contributed by atoms with Gasteiger partial charge in [-0.3, -0.25) is 4.98 Å². The van der Waals surface area contributed by atoms with Gasteiger partial charge in [-0.05, 0) is 40.2 Å². The number of aromatic nitrogens is 1. The summed E-state index contributed by atoms with van der Waals surface area (Å²) in [6.45, 7) is 0.316. The van der Waals surface area contributed by atoms with E-state index in [1.54, 1.807) is 37.7 Å². The number of rotatable bonds is 4. The van der Waals surface area contributed by atoms with Crippen LogP contribution in [0.4, 0.5) is 0 Å². The molecule has 1 aromatic heterocycles. The summed E-state index contributed by atoms with van der Waals surface area (Å²) < 4.78 is 11.7. The molecule has 0 aliphatic carbocycles. The van der Waals surface area contributed by atoms with E-state index in [9.17, 15) is 0 Å². The fraction of sp³-hybridized carbons (Fsp3) is 0.143. The standard InChI is InChI=1S/C14H11BrN2O2/c1-18-14-3-2-10(6-16)4-11(14)9-19-13-5-12(15)7-17-8-13/h2-5,7-8H,9H2,1H3. The zero-order chi connectivity index (χ0) is 13.7. The number of nitriles is 1. The van der Waals surface area contributed by atoms with E-state index in [1.807, 2.05) is 6.07 Å². The van der Waals surface area contributed by atoms with Gasteiger partial charge in [-0.15, -0.1) is 0 Å². The van der Waals surface area contributed by atoms with E-state index in [2.05, 4.69) is 27.0 Å². The molecule has 0 spiro atoms. The van der Waals surface area contributed by atoms with Crippen molar-refractivity contribution in [3.63, 3.8) is 0 Å². The first kappa shape index (κ1) is 13.4. The number of ether oxygens (including phenoxy) is 2. The molecule has 2 rings (SSSR count). The van der Waals surface area contributed by atoms with Crippen LogP contribution in [-0.4, -0.2) is 12.1 Å². The van der Waals surface area contributed by atoms with Gasteiger partial charge in [-0.2, -0.15) is 5.26 Å². The monoisotopic (exact) mass is 318 g/mol. The molecule has 1 heterocycles. The van der Waals surface area contributed by atoms with E-state index in [0.29, 0.717) is 23.7 Å². The van der Waals surface area contributed by atoms with E-state index in [4.69, 9.17) is 14.7 Å². The van der Waals surface area contributed by atoms with Crippen LogP contribution >= 0.6 is 15.9 Å². The Morgan fingerprint density at radius 3 is 2.84 bits per heavy atom. The van der Waals surface area contributed by atoms with Gasteiger partial charge in [0.15, 0.2) is 0 Å². The smallest absolute Gasteiger partial charge is 0.139 e. The van der Waals surface area contributed by atoms with Gasteiger partial charge >= 0.3 is 0 Å². The van der Waals surface area contributed by atoms with Crippen molar-refractivity contribution >= 4 is 15.9 Å². The van der Waals surface area contributed by atoms with Gasteiger partial charge in [0.2, 0.25) is 0 Å². The third-order valence-corrected chi connectivity index (χ3v) is 2.92. The zero-order valence-corrected chi connectivity index (χ0v) is 11.8. The molecule has 96 valence electrons. The Kier molecular flexibility index (Phi) is 4.37. The van der Waals surface area contributed by atoms with Crippen molar-refractivity contribution in [2.24, 2.45) is 0 Å². The van der Waals surface area contributed by atoms with Crippen molar-refractivity contribution in [3.05, 3.63) is 52.3 Å². The molecule has 0 radical (unpaired) electrons. The molecule has 0 fully saturated rings. The molecule has 0 aliphatic rings. The van der Waals surface area contributed by atoms with Gasteiger partial charge in [0.05, 0.1) is 24.9 Å². The van der Waals surface area contributed by atoms with Crippen LogP contribution in [-0.2, 0) is 6.61 Å². The molecule has 0 saturated heterocycles. The maximum atomic E-state index is 8.90. The van der Waals surface area contributed by atoms with Crippen molar-refractivity contribution in [1.29, 1.82) is 5.26 Å². The average molecular weight is 319 g/mol. The van der Waals surface area contributed by atoms with Crippen LogP contribution in [0.2, 0.25) is 0 Å². The van der Waals surface area contributed by atoms with Crippen LogP contribution in [0, 0.1) is 11.3 Å². The van der Waals surface area contributed by atoms with Crippen LogP contribution in [0.1, 0.15) is 11.1 Å². The molecule has 2 aromatic rings. The molecule has 19 heavy (non-hydrogen) atoms. The maximum Gasteiger partial charge on any atom is 0.139 e. The quantitative estimate of drug-likeness (QED) is 0.867. The van der Waals surface area contributed by atoms with Crippen molar-refractivity contribution in [2.75, 3.05) is 7.11 Å². The molecule has 0 atom stereocenters. The first-order valence-corrected chi connectivity index (χ1v) is 6.32. The van der Waals surface area contributed by atoms with Crippen molar-refractivity contribution < 1.29 is 9.47 Å². The Balaban J connectivity index is 2.16. The predicted molar refractivity (Wildman–Crippen MR) is 74.0 cm³/mol. The first-order chi connectivity index (χ1) is 9.22. The second kappa shape index (κ2) is 6.21. The Labute approximate surface area is 119 Å². The average Bonchev–Trinajstić information content (AvgIpc) is 2.45. The molecule has 1 aromatic carbocycles. The summed E-state index contributed by atoms with van der Waals surface area (Å²) in [5, 5.41) is 8.90. The summed E-state index contributed by atoms with van der Waals surface area (Å²) >= 11 is 3.33. The lowest BCUT2D eigenvalue weighted by molar-refractivity contribution is 0.295. The Morgan fingerprint density at radius 2 is 2.16 bits per heavy atom. The lowest BCUT2D eigenvalue weighted by Crippen LogP contribution is -1.99. The Bertz CT molecular complexity index is 623. The van der Waals surface area contributed by atoms with Crippen molar-refractivity contribution in [3.8, 4) is 17.6 Å². The number of benzene rings is 1. The van der Waals surface area contributed by atoms with Crippen LogP contribution in [0.15, 0.2) is 41.1 Å². The van der Waals surface area contributed by atoms with E-state index >= 15 is 0 Å². The highest BCUT2D eigenvalue weighted by Crippen LogP contribution is 2.22. The van der Waals surface area contributed by atoms with Gasteiger partial charge in [-0.25, -0.2) is 0 Å². The summed E-state index contributed by atoms with van der Waals surface area (Å²) in [4.78, 5) is 4.02. The number of methoxy groups -OCH3 is 1. The lowest BCUT2D eigenvalue weighted by atomic mass is 10.1. The van der Waals surface area contributed by atoms with Crippen LogP contribution in [0.5, 0.6) is 11.5 Å². The molecule has 0 aliphatic heterocycles. The number of hydrogen-bond donors (Lipinski definition) is 0. The third kappa shape index (κ3) is 3.46. The first-order valence-electron chi connectivity index (χ1n) is 5.53. The number of pyridine rings is 1. The van der Waals surface area contributed by atoms with Crippen LogP contribution in [0.25, 0.3) is 0 Å². The predicted octanol–water partition coefficient (Wildman–Crippen LogP) is 3.30. The summed E-state index contributed by atoms with van der Waals surface area (Å²) in [7, 11) is 1.59. The highest BCUT2D eigenvalue weighted by Gasteiger charge is 2.06. The lowest BCUT2D eigenvalue weighted by Gasteiger charge is -2.10. The van der Waals surface area contributed by atoms with Crippen LogP contribution < -0.4 is 9.47 Å². The van der Waals surface area contributed by atoms with Gasteiger partial charge < -0.3 is 9.47 Å². The summed E-state index contributed by atoms with van der Waals surface area (Å²) in [5.41, 5.74) is 1.40. The SMILES string of the molecule is COc1ccc(C#N)cc1COc1cncc(Br)c1. The zero-order valence-electron chi connectivity index (χ0n) is 10.3. The molecule has 0 bridgehead atoms. The topological polar surface area (TPSA) is 55.1 Å². The van der Waals surface area contributed by atoms with Crippen molar-refractivity contribution in [1.82, 2.24) is 4.98 Å². The summed E-state index contributed by atoms with van der Waals surface area (Å²) in [6, 6.07) is 9.15. The second-order valence-electron chi connectivity index (χ2n) is 3.77. The van der Waals surface area contributed by atoms with Crippen LogP contribution in [0.3, 0.4) is 0 Å². The van der Waals surface area contributed by atoms with Crippen molar-refractivity contribution in [2.45, 2.75) is 6.61 Å². The van der Waals surface area contributed by atoms with E-state index in [1.165, 1.54) is 0 Å². The molecular weight excluding hydrogens is 308 g/mol. The summed E-state index contributed by atoms with van der Waals surface area (Å²) in [5.74, 6) is 1.35. The minimum Gasteiger partial charge on any atom is -0.496 e. The maximum absolute atomic E-state index is 8.90. The third-order valence-electron chi connectivity index (χ3n) is 2.48. The number of hydrogen-bond acceptors (Lipinski definition) is 4. The van der Waals surface area contributed by atoms with E-state index < -0.39 is 0 Å². The molecular formula is C14H11BrN2O2. The molecule has 5 heteroatoms. The van der Waals surface area contributed by atoms with Gasteiger partial charge in [-0.1, -0.05) is 0 Å². The normalized spacial score (nSPS) is 9.74. The number of nitrogens with zero attached hydrogens (tertiary/aromatic N) is 2. The fourth-order valence-electron chi connectivity index (χ4n) is 1.59. The minimum absolute atomic E-state index is 0.316. The minimum atomic E-state index is 0.316. The Morgan fingerprint density at radius 1 is 1.32 bits per heavy atom. The second-order valence-corrected chi connectivity index (χ2v) is 4.68. The summed E-state index contributed by atoms with van der Waals surface area (Å²) in [6.07, 6.45) is 3.31. The molecule has 0 unspecified atom stereocenters. The van der Waals surface area contributed by atoms with Gasteiger partial charge in [0.25, 0.3) is 0 Å². The van der Waals surface area contributed by atoms with E-state index in [-0.39, 0.29) is 0 Å². The molecule has 0 N–H and O–H groups in total. The number of halogens is 1.